The molecule has 1 amide bonds. The number of amides is 1. The van der Waals surface area contributed by atoms with E-state index in [1.54, 1.807) is 0 Å². The molecule has 100 valence electrons. The van der Waals surface area contributed by atoms with Crippen LogP contribution in [-0.4, -0.2) is 12.5 Å². The zero-order valence-corrected chi connectivity index (χ0v) is 10.8. The molecule has 0 fully saturated rings. The van der Waals surface area contributed by atoms with Gasteiger partial charge in [0.1, 0.15) is 5.75 Å². The lowest BCUT2D eigenvalue weighted by Gasteiger charge is -2.07. The molecule has 1 aromatic carbocycles. The fourth-order valence-corrected chi connectivity index (χ4v) is 2.33. The summed E-state index contributed by atoms with van der Waals surface area (Å²) in [5.74, 6) is -0.157. The molecule has 3 nitrogen and oxygen atoms in total. The summed E-state index contributed by atoms with van der Waals surface area (Å²) in [4.78, 5) is 12.5. The summed E-state index contributed by atoms with van der Waals surface area (Å²) >= 11 is 1.35. The molecule has 0 aliphatic rings. The highest BCUT2D eigenvalue weighted by Crippen LogP contribution is 2.20. The number of thiophene rings is 1. The highest BCUT2D eigenvalue weighted by atomic mass is 32.1. The topological polar surface area (TPSA) is 38.3 Å². The minimum absolute atomic E-state index is 0.0558. The van der Waals surface area contributed by atoms with Gasteiger partial charge in [-0.1, -0.05) is 0 Å². The van der Waals surface area contributed by atoms with Crippen molar-refractivity contribution in [3.8, 4) is 5.75 Å². The summed E-state index contributed by atoms with van der Waals surface area (Å²) in [7, 11) is 0. The van der Waals surface area contributed by atoms with Gasteiger partial charge in [-0.3, -0.25) is 4.79 Å². The van der Waals surface area contributed by atoms with E-state index in [9.17, 15) is 13.6 Å². The number of halogens is 2. The number of benzene rings is 1. The van der Waals surface area contributed by atoms with Gasteiger partial charge in [0.25, 0.3) is 5.91 Å². The molecule has 1 aromatic heterocycles. The van der Waals surface area contributed by atoms with Gasteiger partial charge in [0, 0.05) is 5.69 Å². The Morgan fingerprint density at radius 1 is 1.26 bits per heavy atom. The van der Waals surface area contributed by atoms with Crippen molar-refractivity contribution >= 4 is 22.9 Å². The second-order valence-corrected chi connectivity index (χ2v) is 4.71. The molecule has 0 bridgehead atoms. The van der Waals surface area contributed by atoms with Crippen LogP contribution in [0.15, 0.2) is 35.7 Å². The van der Waals surface area contributed by atoms with E-state index in [1.165, 1.54) is 35.6 Å². The molecule has 0 saturated heterocycles. The molecule has 0 saturated carbocycles. The van der Waals surface area contributed by atoms with Crippen molar-refractivity contribution in [1.29, 1.82) is 0 Å². The predicted octanol–water partition coefficient (Wildman–Crippen LogP) is 3.91. The van der Waals surface area contributed by atoms with Crippen LogP contribution in [0.25, 0.3) is 0 Å². The van der Waals surface area contributed by atoms with Crippen LogP contribution < -0.4 is 10.1 Å². The van der Waals surface area contributed by atoms with Crippen molar-refractivity contribution in [3.05, 3.63) is 46.2 Å². The molecule has 19 heavy (non-hydrogen) atoms. The Balaban J connectivity index is 2.04. The van der Waals surface area contributed by atoms with Gasteiger partial charge in [-0.2, -0.15) is 8.78 Å². The molecule has 1 heterocycles. The second kappa shape index (κ2) is 5.79. The van der Waals surface area contributed by atoms with Gasteiger partial charge in [0.2, 0.25) is 0 Å². The normalized spacial score (nSPS) is 10.5. The highest BCUT2D eigenvalue weighted by molar-refractivity contribution is 7.12. The number of alkyl halides is 2. The number of aryl methyl sites for hydroxylation is 1. The Labute approximate surface area is 112 Å². The van der Waals surface area contributed by atoms with Crippen LogP contribution in [0.2, 0.25) is 0 Å². The van der Waals surface area contributed by atoms with E-state index in [1.807, 2.05) is 18.4 Å². The van der Waals surface area contributed by atoms with Crippen molar-refractivity contribution in [2.45, 2.75) is 13.5 Å². The van der Waals surface area contributed by atoms with Crippen molar-refractivity contribution in [3.63, 3.8) is 0 Å². The average molecular weight is 283 g/mol. The van der Waals surface area contributed by atoms with Gasteiger partial charge >= 0.3 is 6.61 Å². The Morgan fingerprint density at radius 3 is 2.47 bits per heavy atom. The Bertz CT molecular complexity index is 566. The lowest BCUT2D eigenvalue weighted by atomic mass is 10.2. The Hall–Kier alpha value is -1.95. The van der Waals surface area contributed by atoms with E-state index in [2.05, 4.69) is 10.1 Å². The maximum Gasteiger partial charge on any atom is 0.387 e. The fraction of sp³-hybridized carbons (Fsp3) is 0.154. The van der Waals surface area contributed by atoms with E-state index in [0.29, 0.717) is 10.6 Å². The monoisotopic (exact) mass is 283 g/mol. The maximum absolute atomic E-state index is 12.0. The van der Waals surface area contributed by atoms with Crippen LogP contribution in [0.3, 0.4) is 0 Å². The summed E-state index contributed by atoms with van der Waals surface area (Å²) in [6, 6.07) is 7.64. The van der Waals surface area contributed by atoms with Gasteiger partial charge in [-0.15, -0.1) is 11.3 Å². The summed E-state index contributed by atoms with van der Waals surface area (Å²) < 4.78 is 28.2. The molecule has 0 atom stereocenters. The first kappa shape index (κ1) is 13.5. The number of carbonyl (C=O) groups excluding carboxylic acids is 1. The quantitative estimate of drug-likeness (QED) is 0.923. The number of hydrogen-bond donors (Lipinski definition) is 1. The minimum atomic E-state index is -2.85. The zero-order chi connectivity index (χ0) is 13.8. The largest absolute Gasteiger partial charge is 0.435 e. The molecule has 2 aromatic rings. The standard InChI is InChI=1S/C13H11F2NO2S/c1-8-6-7-19-11(8)12(17)16-9-2-4-10(5-3-9)18-13(14)15/h2-7,13H,1H3,(H,16,17). The maximum atomic E-state index is 12.0. The third-order valence-corrected chi connectivity index (χ3v) is 3.42. The second-order valence-electron chi connectivity index (χ2n) is 3.79. The summed E-state index contributed by atoms with van der Waals surface area (Å²) in [5, 5.41) is 4.53. The Morgan fingerprint density at radius 2 is 1.95 bits per heavy atom. The molecule has 0 aliphatic heterocycles. The fourth-order valence-electron chi connectivity index (χ4n) is 1.51. The van der Waals surface area contributed by atoms with Crippen LogP contribution in [0, 0.1) is 6.92 Å². The number of rotatable bonds is 4. The first-order valence-electron chi connectivity index (χ1n) is 5.46. The molecule has 0 radical (unpaired) electrons. The molecular weight excluding hydrogens is 272 g/mol. The first-order chi connectivity index (χ1) is 9.06. The lowest BCUT2D eigenvalue weighted by molar-refractivity contribution is -0.0498. The van der Waals surface area contributed by atoms with E-state index >= 15 is 0 Å². The smallest absolute Gasteiger partial charge is 0.387 e. The van der Waals surface area contributed by atoms with Crippen LogP contribution in [0.5, 0.6) is 5.75 Å². The third-order valence-electron chi connectivity index (χ3n) is 2.41. The molecule has 0 unspecified atom stereocenters. The van der Waals surface area contributed by atoms with Gasteiger partial charge in [0.05, 0.1) is 4.88 Å². The molecule has 6 heteroatoms. The SMILES string of the molecule is Cc1ccsc1C(=O)Nc1ccc(OC(F)F)cc1. The van der Waals surface area contributed by atoms with Crippen molar-refractivity contribution < 1.29 is 18.3 Å². The van der Waals surface area contributed by atoms with Gasteiger partial charge in [-0.05, 0) is 48.2 Å². The van der Waals surface area contributed by atoms with E-state index in [-0.39, 0.29) is 11.7 Å². The third kappa shape index (κ3) is 3.51. The lowest BCUT2D eigenvalue weighted by Crippen LogP contribution is -2.11. The number of nitrogens with one attached hydrogen (secondary N) is 1. The first-order valence-corrected chi connectivity index (χ1v) is 6.34. The molecule has 1 N–H and O–H groups in total. The van der Waals surface area contributed by atoms with E-state index in [0.717, 1.165) is 5.56 Å². The molecule has 0 aliphatic carbocycles. The number of hydrogen-bond acceptors (Lipinski definition) is 3. The molecular formula is C13H11F2NO2S. The number of anilines is 1. The minimum Gasteiger partial charge on any atom is -0.435 e. The number of ether oxygens (including phenoxy) is 1. The summed E-state index contributed by atoms with van der Waals surface area (Å²) in [5.41, 5.74) is 1.43. The van der Waals surface area contributed by atoms with Crippen molar-refractivity contribution in [1.82, 2.24) is 0 Å². The highest BCUT2D eigenvalue weighted by Gasteiger charge is 2.10. The van der Waals surface area contributed by atoms with Crippen molar-refractivity contribution in [2.24, 2.45) is 0 Å². The predicted molar refractivity (Wildman–Crippen MR) is 70.1 cm³/mol. The van der Waals surface area contributed by atoms with Gasteiger partial charge in [-0.25, -0.2) is 0 Å². The van der Waals surface area contributed by atoms with E-state index in [4.69, 9.17) is 0 Å². The Kier molecular flexibility index (Phi) is 4.11. The van der Waals surface area contributed by atoms with Crippen LogP contribution in [-0.2, 0) is 0 Å². The van der Waals surface area contributed by atoms with Gasteiger partial charge < -0.3 is 10.1 Å². The van der Waals surface area contributed by atoms with Crippen LogP contribution in [0.1, 0.15) is 15.2 Å². The molecule has 2 rings (SSSR count). The molecule has 0 spiro atoms. The summed E-state index contributed by atoms with van der Waals surface area (Å²) in [6.45, 7) is -1.00. The average Bonchev–Trinajstić information content (AvgIpc) is 2.77. The van der Waals surface area contributed by atoms with Gasteiger partial charge in [0.15, 0.2) is 0 Å². The zero-order valence-electron chi connectivity index (χ0n) is 10.0. The number of carbonyl (C=O) groups is 1. The van der Waals surface area contributed by atoms with E-state index < -0.39 is 6.61 Å². The van der Waals surface area contributed by atoms with Crippen LogP contribution >= 0.6 is 11.3 Å². The van der Waals surface area contributed by atoms with Crippen molar-refractivity contribution in [2.75, 3.05) is 5.32 Å². The summed E-state index contributed by atoms with van der Waals surface area (Å²) in [6.07, 6.45) is 0. The van der Waals surface area contributed by atoms with Crippen LogP contribution in [0.4, 0.5) is 14.5 Å².